The fraction of sp³-hybridized carbons (Fsp3) is 0.350. The van der Waals surface area contributed by atoms with Gasteiger partial charge in [-0.1, -0.05) is 18.9 Å². The molecule has 30 heavy (non-hydrogen) atoms. The van der Waals surface area contributed by atoms with Gasteiger partial charge in [0, 0.05) is 35.6 Å². The lowest BCUT2D eigenvalue weighted by Crippen LogP contribution is -2.42. The molecule has 3 aromatic rings. The van der Waals surface area contributed by atoms with Gasteiger partial charge in [0.2, 0.25) is 0 Å². The summed E-state index contributed by atoms with van der Waals surface area (Å²) in [5.41, 5.74) is 14.5. The summed E-state index contributed by atoms with van der Waals surface area (Å²) in [4.78, 5) is 25.0. The molecule has 1 saturated carbocycles. The highest BCUT2D eigenvalue weighted by molar-refractivity contribution is 7.11. The van der Waals surface area contributed by atoms with Gasteiger partial charge in [0.1, 0.15) is 10.8 Å². The van der Waals surface area contributed by atoms with E-state index in [2.05, 4.69) is 30.0 Å². The highest BCUT2D eigenvalue weighted by Gasteiger charge is 2.23. The average Bonchev–Trinajstić information content (AvgIpc) is 3.10. The molecule has 1 amide bonds. The lowest BCUT2D eigenvalue weighted by atomic mass is 9.91. The summed E-state index contributed by atoms with van der Waals surface area (Å²) < 4.78 is 4.44. The normalized spacial score (nSPS) is 18.7. The van der Waals surface area contributed by atoms with Crippen molar-refractivity contribution in [3.05, 3.63) is 42.1 Å². The van der Waals surface area contributed by atoms with Gasteiger partial charge in [-0.15, -0.1) is 0 Å². The van der Waals surface area contributed by atoms with Gasteiger partial charge in [-0.25, -0.2) is 9.97 Å². The summed E-state index contributed by atoms with van der Waals surface area (Å²) >= 11 is 1.28. The largest absolute Gasteiger partial charge is 0.364 e. The summed E-state index contributed by atoms with van der Waals surface area (Å²) in [7, 11) is 0. The second kappa shape index (κ2) is 8.72. The molecule has 156 valence electrons. The van der Waals surface area contributed by atoms with Crippen molar-refractivity contribution in [2.45, 2.75) is 44.7 Å². The molecule has 0 radical (unpaired) electrons. The number of nitrogens with zero attached hydrogens (tertiary/aromatic N) is 4. The van der Waals surface area contributed by atoms with Crippen LogP contribution in [0.25, 0.3) is 11.1 Å². The first-order valence-electron chi connectivity index (χ1n) is 9.85. The van der Waals surface area contributed by atoms with E-state index < -0.39 is 5.91 Å². The van der Waals surface area contributed by atoms with E-state index in [1.807, 2.05) is 19.1 Å². The lowest BCUT2D eigenvalue weighted by Gasteiger charge is -2.29. The van der Waals surface area contributed by atoms with Gasteiger partial charge in [0.25, 0.3) is 5.91 Å². The Labute approximate surface area is 178 Å². The molecule has 2 unspecified atom stereocenters. The molecule has 10 heteroatoms. The third kappa shape index (κ3) is 4.24. The van der Waals surface area contributed by atoms with E-state index in [9.17, 15) is 4.79 Å². The SMILES string of the molecule is Cc1nsc(Nc2nc(NC3CCCCC3N)cnc2C(N)=O)c1-c1cccnc1. The number of carbonyl (C=O) groups excluding carboxylic acids is 1. The monoisotopic (exact) mass is 424 g/mol. The number of hydrogen-bond donors (Lipinski definition) is 4. The Morgan fingerprint density at radius 1 is 1.27 bits per heavy atom. The van der Waals surface area contributed by atoms with Gasteiger partial charge in [0.15, 0.2) is 11.5 Å². The number of nitrogens with one attached hydrogen (secondary N) is 2. The fourth-order valence-corrected chi connectivity index (χ4v) is 4.49. The Balaban J connectivity index is 1.66. The fourth-order valence-electron chi connectivity index (χ4n) is 3.67. The molecule has 1 aliphatic carbocycles. The van der Waals surface area contributed by atoms with Crippen molar-refractivity contribution in [2.24, 2.45) is 11.5 Å². The Bertz CT molecular complexity index is 1040. The molecular weight excluding hydrogens is 400 g/mol. The van der Waals surface area contributed by atoms with E-state index in [1.165, 1.54) is 17.7 Å². The maximum Gasteiger partial charge on any atom is 0.271 e. The van der Waals surface area contributed by atoms with Crippen LogP contribution >= 0.6 is 11.5 Å². The zero-order valence-corrected chi connectivity index (χ0v) is 17.4. The molecule has 1 aliphatic rings. The minimum Gasteiger partial charge on any atom is -0.364 e. The van der Waals surface area contributed by atoms with Gasteiger partial charge in [0.05, 0.1) is 11.9 Å². The molecule has 0 aromatic carbocycles. The van der Waals surface area contributed by atoms with Crippen LogP contribution in [-0.4, -0.2) is 37.3 Å². The van der Waals surface area contributed by atoms with Crippen LogP contribution < -0.4 is 22.1 Å². The summed E-state index contributed by atoms with van der Waals surface area (Å²) in [6.07, 6.45) is 9.22. The van der Waals surface area contributed by atoms with Gasteiger partial charge in [-0.3, -0.25) is 9.78 Å². The predicted molar refractivity (Wildman–Crippen MR) is 118 cm³/mol. The maximum atomic E-state index is 11.9. The average molecular weight is 425 g/mol. The van der Waals surface area contributed by atoms with E-state index in [4.69, 9.17) is 11.5 Å². The molecule has 6 N–H and O–H groups in total. The van der Waals surface area contributed by atoms with Crippen molar-refractivity contribution < 1.29 is 4.79 Å². The number of amides is 1. The first-order valence-corrected chi connectivity index (χ1v) is 10.6. The number of anilines is 3. The third-order valence-electron chi connectivity index (χ3n) is 5.20. The van der Waals surface area contributed by atoms with Crippen molar-refractivity contribution in [3.63, 3.8) is 0 Å². The topological polar surface area (TPSA) is 145 Å². The van der Waals surface area contributed by atoms with Crippen LogP contribution in [0.5, 0.6) is 0 Å². The molecule has 0 bridgehead atoms. The Kier molecular flexibility index (Phi) is 5.86. The first kappa shape index (κ1) is 20.2. The van der Waals surface area contributed by atoms with Crippen LogP contribution in [-0.2, 0) is 0 Å². The molecule has 0 aliphatic heterocycles. The van der Waals surface area contributed by atoms with Crippen LogP contribution in [0.2, 0.25) is 0 Å². The first-order chi connectivity index (χ1) is 14.5. The van der Waals surface area contributed by atoms with Crippen LogP contribution in [0.4, 0.5) is 16.6 Å². The zero-order valence-electron chi connectivity index (χ0n) is 16.6. The van der Waals surface area contributed by atoms with Crippen LogP contribution in [0.3, 0.4) is 0 Å². The smallest absolute Gasteiger partial charge is 0.271 e. The van der Waals surface area contributed by atoms with Crippen LogP contribution in [0.1, 0.15) is 41.9 Å². The van der Waals surface area contributed by atoms with E-state index in [0.29, 0.717) is 5.82 Å². The summed E-state index contributed by atoms with van der Waals surface area (Å²) in [5.74, 6) is 0.176. The third-order valence-corrected chi connectivity index (χ3v) is 6.06. The van der Waals surface area contributed by atoms with Crippen molar-refractivity contribution in [2.75, 3.05) is 10.6 Å². The second-order valence-electron chi connectivity index (χ2n) is 7.35. The number of carbonyl (C=O) groups is 1. The van der Waals surface area contributed by atoms with Gasteiger partial charge >= 0.3 is 0 Å². The number of aryl methyl sites for hydroxylation is 1. The Hall–Kier alpha value is -3.11. The van der Waals surface area contributed by atoms with Crippen molar-refractivity contribution in [3.8, 4) is 11.1 Å². The maximum absolute atomic E-state index is 11.9. The van der Waals surface area contributed by atoms with Crippen molar-refractivity contribution in [1.29, 1.82) is 0 Å². The van der Waals surface area contributed by atoms with Gasteiger partial charge in [-0.05, 0) is 37.4 Å². The van der Waals surface area contributed by atoms with Crippen LogP contribution in [0.15, 0.2) is 30.7 Å². The quantitative estimate of drug-likeness (QED) is 0.473. The molecule has 0 spiro atoms. The molecule has 3 heterocycles. The lowest BCUT2D eigenvalue weighted by molar-refractivity contribution is 0.0996. The minimum absolute atomic E-state index is 0.0640. The predicted octanol–water partition coefficient (Wildman–Crippen LogP) is 2.83. The molecule has 2 atom stereocenters. The summed E-state index contributed by atoms with van der Waals surface area (Å²) in [6, 6.07) is 4.01. The number of rotatable bonds is 6. The number of aromatic nitrogens is 4. The number of nitrogens with two attached hydrogens (primary N) is 2. The van der Waals surface area contributed by atoms with E-state index >= 15 is 0 Å². The van der Waals surface area contributed by atoms with Crippen molar-refractivity contribution in [1.82, 2.24) is 19.3 Å². The standard InChI is InChI=1S/C20H24N8OS/c1-11-16(12-5-4-8-23-9-12)20(30-28-11)27-19-17(18(22)29)24-10-15(26-19)25-14-7-3-2-6-13(14)21/h4-5,8-10,13-14H,2-3,6-7,21H2,1H3,(H2,22,29)(H2,25,26,27). The second-order valence-corrected chi connectivity index (χ2v) is 8.13. The van der Waals surface area contributed by atoms with Crippen LogP contribution in [0, 0.1) is 6.92 Å². The number of hydrogen-bond acceptors (Lipinski definition) is 9. The van der Waals surface area contributed by atoms with Crippen molar-refractivity contribution >= 4 is 34.1 Å². The number of pyridine rings is 1. The summed E-state index contributed by atoms with van der Waals surface area (Å²) in [5, 5.41) is 7.31. The minimum atomic E-state index is -0.657. The van der Waals surface area contributed by atoms with Gasteiger partial charge < -0.3 is 22.1 Å². The molecule has 0 saturated heterocycles. The molecule has 1 fully saturated rings. The summed E-state index contributed by atoms with van der Waals surface area (Å²) in [6.45, 7) is 1.92. The van der Waals surface area contributed by atoms with E-state index in [1.54, 1.807) is 12.4 Å². The highest BCUT2D eigenvalue weighted by Crippen LogP contribution is 2.36. The zero-order chi connectivity index (χ0) is 21.1. The molecular formula is C20H24N8OS. The van der Waals surface area contributed by atoms with Gasteiger partial charge in [-0.2, -0.15) is 4.37 Å². The highest BCUT2D eigenvalue weighted by atomic mass is 32.1. The molecule has 9 nitrogen and oxygen atoms in total. The van der Waals surface area contributed by atoms with E-state index in [0.717, 1.165) is 47.5 Å². The Morgan fingerprint density at radius 2 is 2.10 bits per heavy atom. The number of primary amides is 1. The Morgan fingerprint density at radius 3 is 2.83 bits per heavy atom. The van der Waals surface area contributed by atoms with E-state index in [-0.39, 0.29) is 23.6 Å². The molecule has 4 rings (SSSR count). The molecule has 3 aromatic heterocycles.